The molecule has 0 spiro atoms. The molecule has 0 unspecified atom stereocenters. The number of amides is 1. The maximum Gasteiger partial charge on any atom is 1.00 e. The summed E-state index contributed by atoms with van der Waals surface area (Å²) < 4.78 is 22.9. The SMILES string of the molecule is CC(=O)[N-]S(C)(=O)=O.[Rb+]. The van der Waals surface area contributed by atoms with Crippen LogP contribution in [0.3, 0.4) is 0 Å². The minimum Gasteiger partial charge on any atom is -0.546 e. The molecule has 0 aliphatic heterocycles. The molecule has 48 valence electrons. The Hall–Kier alpha value is 1.23. The van der Waals surface area contributed by atoms with E-state index in [0.29, 0.717) is 0 Å². The van der Waals surface area contributed by atoms with Gasteiger partial charge in [0.25, 0.3) is 0 Å². The van der Waals surface area contributed by atoms with Crippen LogP contribution in [0, 0.1) is 0 Å². The summed E-state index contributed by atoms with van der Waals surface area (Å²) in [6, 6.07) is 0. The van der Waals surface area contributed by atoms with E-state index < -0.39 is 15.9 Å². The minimum absolute atomic E-state index is 0. The van der Waals surface area contributed by atoms with Crippen LogP contribution in [0.5, 0.6) is 0 Å². The first-order valence-electron chi connectivity index (χ1n) is 1.85. The molecule has 0 aromatic carbocycles. The van der Waals surface area contributed by atoms with Crippen molar-refractivity contribution in [2.24, 2.45) is 0 Å². The van der Waals surface area contributed by atoms with Crippen molar-refractivity contribution >= 4 is 15.9 Å². The van der Waals surface area contributed by atoms with E-state index in [1.807, 2.05) is 0 Å². The maximum absolute atomic E-state index is 10.1. The van der Waals surface area contributed by atoms with E-state index in [9.17, 15) is 13.2 Å². The minimum atomic E-state index is -3.45. The Balaban J connectivity index is 0. The van der Waals surface area contributed by atoms with Gasteiger partial charge in [-0.25, -0.2) is 8.42 Å². The van der Waals surface area contributed by atoms with E-state index in [1.165, 1.54) is 0 Å². The number of carbonyl (C=O) groups is 1. The molecule has 0 saturated heterocycles. The standard InChI is InChI=1S/C3H7NO3S.Rb/c1-3(5)4-8(2,6)7;/h1-2H3,(H,4,5);/q;+1/p-1. The van der Waals surface area contributed by atoms with Gasteiger partial charge in [-0.3, -0.25) is 0 Å². The van der Waals surface area contributed by atoms with Gasteiger partial charge in [0.05, 0.1) is 15.9 Å². The van der Waals surface area contributed by atoms with E-state index in [1.54, 1.807) is 0 Å². The second-order valence-corrected chi connectivity index (χ2v) is 2.99. The first kappa shape index (κ1) is 12.9. The zero-order valence-corrected chi connectivity index (χ0v) is 11.3. The van der Waals surface area contributed by atoms with Crippen molar-refractivity contribution in [2.75, 3.05) is 6.26 Å². The molecule has 0 aromatic rings. The molecule has 0 atom stereocenters. The van der Waals surface area contributed by atoms with E-state index in [0.717, 1.165) is 13.2 Å². The van der Waals surface area contributed by atoms with Crippen molar-refractivity contribution < 1.29 is 71.4 Å². The Bertz CT molecular complexity index is 185. The van der Waals surface area contributed by atoms with Crippen molar-refractivity contribution in [3.8, 4) is 0 Å². The van der Waals surface area contributed by atoms with Crippen molar-refractivity contribution in [3.63, 3.8) is 0 Å². The van der Waals surface area contributed by atoms with Crippen LogP contribution < -0.4 is 58.2 Å². The molecule has 0 N–H and O–H groups in total. The fourth-order valence-electron chi connectivity index (χ4n) is 0.234. The van der Waals surface area contributed by atoms with Crippen molar-refractivity contribution in [1.82, 2.24) is 0 Å². The van der Waals surface area contributed by atoms with Crippen LogP contribution in [0.1, 0.15) is 6.92 Å². The largest absolute Gasteiger partial charge is 1.00 e. The van der Waals surface area contributed by atoms with Crippen molar-refractivity contribution in [3.05, 3.63) is 4.72 Å². The molecule has 0 fully saturated rings. The quantitative estimate of drug-likeness (QED) is 0.470. The van der Waals surface area contributed by atoms with Gasteiger partial charge in [0.15, 0.2) is 0 Å². The molecule has 6 heteroatoms. The molecule has 0 radical (unpaired) electrons. The van der Waals surface area contributed by atoms with Crippen LogP contribution in [-0.2, 0) is 14.8 Å². The summed E-state index contributed by atoms with van der Waals surface area (Å²) in [5.74, 6) is -0.687. The van der Waals surface area contributed by atoms with Crippen LogP contribution in [0.25, 0.3) is 4.72 Å². The molecule has 0 rings (SSSR count). The molecule has 0 aromatic heterocycles. The molecule has 9 heavy (non-hydrogen) atoms. The molecule has 4 nitrogen and oxygen atoms in total. The fourth-order valence-corrected chi connectivity index (χ4v) is 0.701. The van der Waals surface area contributed by atoms with Gasteiger partial charge in [0.2, 0.25) is 0 Å². The molecule has 0 heterocycles. The average molecular weight is 222 g/mol. The first-order valence-corrected chi connectivity index (χ1v) is 3.70. The molecule has 0 aliphatic carbocycles. The number of carbonyl (C=O) groups excluding carboxylic acids is 1. The van der Waals surface area contributed by atoms with Crippen molar-refractivity contribution in [1.29, 1.82) is 0 Å². The Morgan fingerprint density at radius 1 is 1.44 bits per heavy atom. The number of rotatable bonds is 1. The van der Waals surface area contributed by atoms with Gasteiger partial charge in [0, 0.05) is 6.26 Å². The summed E-state index contributed by atoms with van der Waals surface area (Å²) in [6.07, 6.45) is 0.869. The second-order valence-electron chi connectivity index (χ2n) is 1.34. The van der Waals surface area contributed by atoms with Gasteiger partial charge in [0.1, 0.15) is 0 Å². The average Bonchev–Trinajstić information content (AvgIpc) is 1.21. The maximum atomic E-state index is 10.1. The molecule has 0 aliphatic rings. The molecule has 0 saturated carbocycles. The monoisotopic (exact) mass is 221 g/mol. The summed E-state index contributed by atoms with van der Waals surface area (Å²) in [5.41, 5.74) is 0. The molecular formula is C3H6NO3RbS. The Labute approximate surface area is 103 Å². The zero-order valence-electron chi connectivity index (χ0n) is 5.58. The summed E-state index contributed by atoms with van der Waals surface area (Å²) in [5, 5.41) is 0. The fraction of sp³-hybridized carbons (Fsp3) is 0.667. The van der Waals surface area contributed by atoms with E-state index in [2.05, 4.69) is 4.72 Å². The van der Waals surface area contributed by atoms with Gasteiger partial charge in [-0.15, -0.1) is 0 Å². The van der Waals surface area contributed by atoms with Gasteiger partial charge in [-0.05, 0) is 6.92 Å². The van der Waals surface area contributed by atoms with Crippen LogP contribution in [0.2, 0.25) is 0 Å². The predicted molar refractivity (Wildman–Crippen MR) is 28.9 cm³/mol. The second kappa shape index (κ2) is 4.95. The van der Waals surface area contributed by atoms with Crippen LogP contribution in [0.4, 0.5) is 0 Å². The molecular weight excluding hydrogens is 216 g/mol. The van der Waals surface area contributed by atoms with Crippen molar-refractivity contribution in [2.45, 2.75) is 6.92 Å². The molecule has 1 amide bonds. The number of sulfonamides is 1. The normalized spacial score (nSPS) is 9.56. The van der Waals surface area contributed by atoms with E-state index in [4.69, 9.17) is 0 Å². The predicted octanol–water partition coefficient (Wildman–Crippen LogP) is -3.13. The summed E-state index contributed by atoms with van der Waals surface area (Å²) >= 11 is 0. The van der Waals surface area contributed by atoms with Gasteiger partial charge < -0.3 is 9.52 Å². The summed E-state index contributed by atoms with van der Waals surface area (Å²) in [4.78, 5) is 9.91. The number of nitrogens with zero attached hydrogens (tertiary/aromatic N) is 1. The van der Waals surface area contributed by atoms with Gasteiger partial charge in [-0.2, -0.15) is 0 Å². The van der Waals surface area contributed by atoms with Gasteiger partial charge in [-0.1, -0.05) is 0 Å². The Kier molecular flexibility index (Phi) is 7.08. The smallest absolute Gasteiger partial charge is 0.546 e. The van der Waals surface area contributed by atoms with E-state index >= 15 is 0 Å². The summed E-state index contributed by atoms with van der Waals surface area (Å²) in [6.45, 7) is 1.08. The van der Waals surface area contributed by atoms with Crippen LogP contribution in [0.15, 0.2) is 0 Å². The zero-order chi connectivity index (χ0) is 6.78. The first-order chi connectivity index (χ1) is 3.42. The van der Waals surface area contributed by atoms with Crippen LogP contribution >= 0.6 is 0 Å². The Morgan fingerprint density at radius 2 is 1.78 bits per heavy atom. The van der Waals surface area contributed by atoms with Gasteiger partial charge >= 0.3 is 58.2 Å². The third kappa shape index (κ3) is 12.4. The third-order valence-corrected chi connectivity index (χ3v) is 0.883. The number of hydrogen-bond acceptors (Lipinski definition) is 3. The number of hydrogen-bond donors (Lipinski definition) is 0. The topological polar surface area (TPSA) is 65.3 Å². The van der Waals surface area contributed by atoms with Crippen LogP contribution in [-0.4, -0.2) is 20.6 Å². The third-order valence-electron chi connectivity index (χ3n) is 0.294. The Morgan fingerprint density at radius 3 is 1.78 bits per heavy atom. The molecule has 0 bridgehead atoms. The summed E-state index contributed by atoms with van der Waals surface area (Å²) in [7, 11) is -3.45. The van der Waals surface area contributed by atoms with E-state index in [-0.39, 0.29) is 58.2 Å².